The van der Waals surface area contributed by atoms with E-state index in [0.717, 1.165) is 28.5 Å². The molecule has 2 heterocycles. The molecule has 4 heteroatoms. The Balaban J connectivity index is 2.16. The van der Waals surface area contributed by atoms with Crippen LogP contribution in [0.1, 0.15) is 24.5 Å². The number of hydrogen-bond acceptors (Lipinski definition) is 1. The fourth-order valence-corrected chi connectivity index (χ4v) is 3.84. The number of piperidine rings is 1. The second-order valence-corrected chi connectivity index (χ2v) is 5.76. The number of hydrogen-bond donors (Lipinski definition) is 1. The lowest BCUT2D eigenvalue weighted by atomic mass is 9.96. The van der Waals surface area contributed by atoms with Crippen LogP contribution in [-0.2, 0) is 7.05 Å². The van der Waals surface area contributed by atoms with E-state index in [4.69, 9.17) is 0 Å². The molecule has 0 saturated carbocycles. The summed E-state index contributed by atoms with van der Waals surface area (Å²) in [5.74, 6) is 0.329. The third kappa shape index (κ3) is 1.88. The summed E-state index contributed by atoms with van der Waals surface area (Å²) >= 11 is 3.66. The molecule has 1 unspecified atom stereocenters. The molecule has 0 bridgehead atoms. The normalized spacial score (nSPS) is 20.5. The minimum absolute atomic E-state index is 0.179. The number of rotatable bonds is 1. The number of nitrogens with zero attached hydrogens (tertiary/aromatic N) is 1. The van der Waals surface area contributed by atoms with Crippen LogP contribution in [-0.4, -0.2) is 17.7 Å². The molecule has 1 aliphatic heterocycles. The van der Waals surface area contributed by atoms with Crippen molar-refractivity contribution in [2.24, 2.45) is 7.05 Å². The Kier molecular flexibility index (Phi) is 3.16. The molecule has 0 radical (unpaired) electrons. The van der Waals surface area contributed by atoms with Crippen LogP contribution in [0.5, 0.6) is 0 Å². The smallest absolute Gasteiger partial charge is 0.123 e. The van der Waals surface area contributed by atoms with Gasteiger partial charge in [-0.3, -0.25) is 0 Å². The van der Waals surface area contributed by atoms with Gasteiger partial charge in [-0.2, -0.15) is 0 Å². The van der Waals surface area contributed by atoms with Crippen LogP contribution in [0, 0.1) is 5.82 Å². The first-order chi connectivity index (χ1) is 8.68. The molecule has 1 aromatic carbocycles. The van der Waals surface area contributed by atoms with Crippen LogP contribution in [0.2, 0.25) is 0 Å². The summed E-state index contributed by atoms with van der Waals surface area (Å²) in [4.78, 5) is 0. The highest BCUT2D eigenvalue weighted by Crippen LogP contribution is 2.37. The van der Waals surface area contributed by atoms with Gasteiger partial charge in [0.25, 0.3) is 0 Å². The lowest BCUT2D eigenvalue weighted by Gasteiger charge is -2.24. The molecule has 0 aliphatic carbocycles. The number of nitrogens with one attached hydrogen (secondary N) is 1. The highest BCUT2D eigenvalue weighted by atomic mass is 79.9. The van der Waals surface area contributed by atoms with Crippen molar-refractivity contribution in [2.45, 2.75) is 18.8 Å². The molecule has 3 rings (SSSR count). The molecule has 0 spiro atoms. The van der Waals surface area contributed by atoms with Gasteiger partial charge in [-0.15, -0.1) is 0 Å². The zero-order valence-electron chi connectivity index (χ0n) is 10.3. The first kappa shape index (κ1) is 12.2. The van der Waals surface area contributed by atoms with Crippen LogP contribution in [0.4, 0.5) is 4.39 Å². The van der Waals surface area contributed by atoms with Gasteiger partial charge >= 0.3 is 0 Å². The number of fused-ring (bicyclic) bond motifs is 1. The topological polar surface area (TPSA) is 17.0 Å². The average Bonchev–Trinajstić information content (AvgIpc) is 2.63. The van der Waals surface area contributed by atoms with Gasteiger partial charge in [0.1, 0.15) is 5.82 Å². The average molecular weight is 311 g/mol. The molecule has 1 aromatic heterocycles. The minimum atomic E-state index is -0.179. The molecule has 2 aromatic rings. The van der Waals surface area contributed by atoms with E-state index in [2.05, 4.69) is 32.9 Å². The largest absolute Gasteiger partial charge is 0.346 e. The van der Waals surface area contributed by atoms with Gasteiger partial charge in [0, 0.05) is 40.6 Å². The van der Waals surface area contributed by atoms with Crippen molar-refractivity contribution in [3.05, 3.63) is 34.2 Å². The molecule has 1 atom stereocenters. The third-order valence-electron chi connectivity index (χ3n) is 3.83. The standard InChI is InChI=1S/C14H16BrFN2/c1-18-12-5-4-10(16)7-11(12)13(15)14(18)9-3-2-6-17-8-9/h4-5,7,9,17H,2-3,6,8H2,1H3. The number of halogens is 2. The third-order valence-corrected chi connectivity index (χ3v) is 4.66. The van der Waals surface area contributed by atoms with Crippen molar-refractivity contribution in [1.29, 1.82) is 0 Å². The second-order valence-electron chi connectivity index (χ2n) is 4.96. The Morgan fingerprint density at radius 3 is 3.00 bits per heavy atom. The highest BCUT2D eigenvalue weighted by molar-refractivity contribution is 9.10. The van der Waals surface area contributed by atoms with Gasteiger partial charge in [0.15, 0.2) is 0 Å². The molecule has 1 aliphatic rings. The Morgan fingerprint density at radius 2 is 2.28 bits per heavy atom. The predicted octanol–water partition coefficient (Wildman–Crippen LogP) is 3.55. The summed E-state index contributed by atoms with van der Waals surface area (Å²) < 4.78 is 16.6. The Bertz CT molecular complexity index is 585. The lowest BCUT2D eigenvalue weighted by Crippen LogP contribution is -2.29. The fraction of sp³-hybridized carbons (Fsp3) is 0.429. The molecule has 2 nitrogen and oxygen atoms in total. The Morgan fingerprint density at radius 1 is 1.44 bits per heavy atom. The highest BCUT2D eigenvalue weighted by Gasteiger charge is 2.23. The SMILES string of the molecule is Cn1c(C2CCCNC2)c(Br)c2cc(F)ccc21. The summed E-state index contributed by atoms with van der Waals surface area (Å²) in [5, 5.41) is 4.41. The van der Waals surface area contributed by atoms with E-state index >= 15 is 0 Å². The van der Waals surface area contributed by atoms with Gasteiger partial charge in [-0.05, 0) is 53.5 Å². The van der Waals surface area contributed by atoms with E-state index in [0.29, 0.717) is 5.92 Å². The van der Waals surface area contributed by atoms with Crippen molar-refractivity contribution in [3.63, 3.8) is 0 Å². The van der Waals surface area contributed by atoms with Crippen molar-refractivity contribution >= 4 is 26.8 Å². The summed E-state index contributed by atoms with van der Waals surface area (Å²) in [6, 6.07) is 4.99. The zero-order chi connectivity index (χ0) is 12.7. The zero-order valence-corrected chi connectivity index (χ0v) is 11.9. The van der Waals surface area contributed by atoms with Gasteiger partial charge in [0.05, 0.1) is 0 Å². The van der Waals surface area contributed by atoms with Crippen molar-refractivity contribution in [2.75, 3.05) is 13.1 Å². The summed E-state index contributed by atoms with van der Waals surface area (Å²) in [5.41, 5.74) is 2.37. The second kappa shape index (κ2) is 4.67. The number of aryl methyl sites for hydroxylation is 1. The van der Waals surface area contributed by atoms with Crippen LogP contribution >= 0.6 is 15.9 Å². The van der Waals surface area contributed by atoms with Gasteiger partial charge in [0.2, 0.25) is 0 Å². The van der Waals surface area contributed by atoms with E-state index in [9.17, 15) is 4.39 Å². The molecule has 0 amide bonds. The van der Waals surface area contributed by atoms with E-state index in [1.54, 1.807) is 6.07 Å². The summed E-state index contributed by atoms with van der Waals surface area (Å²) in [6.07, 6.45) is 2.39. The molecular weight excluding hydrogens is 295 g/mol. The minimum Gasteiger partial charge on any atom is -0.346 e. The van der Waals surface area contributed by atoms with E-state index < -0.39 is 0 Å². The maximum absolute atomic E-state index is 13.4. The maximum atomic E-state index is 13.4. The monoisotopic (exact) mass is 310 g/mol. The van der Waals surface area contributed by atoms with Crippen molar-refractivity contribution in [3.8, 4) is 0 Å². The van der Waals surface area contributed by atoms with Gasteiger partial charge in [-0.1, -0.05) is 0 Å². The van der Waals surface area contributed by atoms with Crippen LogP contribution in [0.15, 0.2) is 22.7 Å². The molecule has 1 saturated heterocycles. The quantitative estimate of drug-likeness (QED) is 0.852. The van der Waals surface area contributed by atoms with Gasteiger partial charge in [-0.25, -0.2) is 4.39 Å². The Hall–Kier alpha value is -0.870. The molecule has 1 fully saturated rings. The van der Waals surface area contributed by atoms with E-state index in [1.165, 1.54) is 24.6 Å². The first-order valence-electron chi connectivity index (χ1n) is 6.32. The van der Waals surface area contributed by atoms with E-state index in [-0.39, 0.29) is 5.82 Å². The van der Waals surface area contributed by atoms with Crippen molar-refractivity contribution < 1.29 is 4.39 Å². The maximum Gasteiger partial charge on any atom is 0.123 e. The molecule has 18 heavy (non-hydrogen) atoms. The van der Waals surface area contributed by atoms with Crippen LogP contribution < -0.4 is 5.32 Å². The summed E-state index contributed by atoms with van der Waals surface area (Å²) in [7, 11) is 2.06. The number of aromatic nitrogens is 1. The number of benzene rings is 1. The molecule has 1 N–H and O–H groups in total. The van der Waals surface area contributed by atoms with Crippen LogP contribution in [0.3, 0.4) is 0 Å². The molecular formula is C14H16BrFN2. The fourth-order valence-electron chi connectivity index (χ4n) is 2.93. The summed E-state index contributed by atoms with van der Waals surface area (Å²) in [6.45, 7) is 2.11. The molecule has 96 valence electrons. The Labute approximate surface area is 114 Å². The first-order valence-corrected chi connectivity index (χ1v) is 7.12. The van der Waals surface area contributed by atoms with Crippen LogP contribution in [0.25, 0.3) is 10.9 Å². The van der Waals surface area contributed by atoms with Crippen molar-refractivity contribution in [1.82, 2.24) is 9.88 Å². The lowest BCUT2D eigenvalue weighted by molar-refractivity contribution is 0.447. The predicted molar refractivity (Wildman–Crippen MR) is 75.4 cm³/mol. The van der Waals surface area contributed by atoms with Gasteiger partial charge < -0.3 is 9.88 Å². The van der Waals surface area contributed by atoms with E-state index in [1.807, 2.05) is 6.07 Å².